The standard InChI is InChI=1S/C8H10N2O/c1-6(9)8-4-2-3-7(5-11)10-8/h2-4,9,11H,5H2,1H3. The van der Waals surface area contributed by atoms with E-state index in [9.17, 15) is 0 Å². The van der Waals surface area contributed by atoms with Gasteiger partial charge in [0.1, 0.15) is 0 Å². The highest BCUT2D eigenvalue weighted by atomic mass is 16.3. The summed E-state index contributed by atoms with van der Waals surface area (Å²) in [6.45, 7) is 1.60. The van der Waals surface area contributed by atoms with Gasteiger partial charge in [-0.1, -0.05) is 6.07 Å². The van der Waals surface area contributed by atoms with Gasteiger partial charge in [-0.15, -0.1) is 0 Å². The van der Waals surface area contributed by atoms with Gasteiger partial charge in [-0.2, -0.15) is 0 Å². The lowest BCUT2D eigenvalue weighted by Crippen LogP contribution is -1.99. The Balaban J connectivity index is 3.01. The Labute approximate surface area is 65.2 Å². The van der Waals surface area contributed by atoms with Gasteiger partial charge in [0.15, 0.2) is 0 Å². The lowest BCUT2D eigenvalue weighted by Gasteiger charge is -1.98. The molecule has 0 atom stereocenters. The number of hydrogen-bond acceptors (Lipinski definition) is 3. The molecule has 0 bridgehead atoms. The summed E-state index contributed by atoms with van der Waals surface area (Å²) in [5.74, 6) is 0. The van der Waals surface area contributed by atoms with E-state index < -0.39 is 0 Å². The van der Waals surface area contributed by atoms with Gasteiger partial charge in [0.25, 0.3) is 0 Å². The van der Waals surface area contributed by atoms with Crippen molar-refractivity contribution in [2.45, 2.75) is 13.5 Å². The zero-order valence-corrected chi connectivity index (χ0v) is 6.33. The van der Waals surface area contributed by atoms with E-state index in [0.29, 0.717) is 17.1 Å². The van der Waals surface area contributed by atoms with Gasteiger partial charge in [0.05, 0.1) is 23.7 Å². The fourth-order valence-corrected chi connectivity index (χ4v) is 0.776. The van der Waals surface area contributed by atoms with Crippen molar-refractivity contribution in [1.82, 2.24) is 4.98 Å². The molecule has 0 amide bonds. The Bertz CT molecular complexity index is 271. The number of hydrogen-bond donors (Lipinski definition) is 2. The summed E-state index contributed by atoms with van der Waals surface area (Å²) >= 11 is 0. The lowest BCUT2D eigenvalue weighted by molar-refractivity contribution is 0.277. The Kier molecular flexibility index (Phi) is 2.33. The lowest BCUT2D eigenvalue weighted by atomic mass is 10.2. The molecule has 1 aromatic heterocycles. The molecule has 0 aromatic carbocycles. The molecule has 0 aliphatic carbocycles. The van der Waals surface area contributed by atoms with E-state index in [-0.39, 0.29) is 6.61 Å². The van der Waals surface area contributed by atoms with E-state index in [1.807, 2.05) is 0 Å². The van der Waals surface area contributed by atoms with Crippen LogP contribution in [0.25, 0.3) is 0 Å². The number of rotatable bonds is 2. The van der Waals surface area contributed by atoms with E-state index in [2.05, 4.69) is 4.98 Å². The van der Waals surface area contributed by atoms with Crippen LogP contribution in [0.15, 0.2) is 18.2 Å². The van der Waals surface area contributed by atoms with Crippen LogP contribution in [-0.4, -0.2) is 15.8 Å². The molecule has 58 valence electrons. The Morgan fingerprint density at radius 1 is 1.64 bits per heavy atom. The number of aliphatic hydroxyl groups excluding tert-OH is 1. The topological polar surface area (TPSA) is 57.0 Å². The summed E-state index contributed by atoms with van der Waals surface area (Å²) < 4.78 is 0. The maximum atomic E-state index is 8.71. The molecule has 3 nitrogen and oxygen atoms in total. The summed E-state index contributed by atoms with van der Waals surface area (Å²) in [7, 11) is 0. The van der Waals surface area contributed by atoms with Gasteiger partial charge in [0, 0.05) is 0 Å². The highest BCUT2D eigenvalue weighted by Gasteiger charge is 1.96. The fourth-order valence-electron chi connectivity index (χ4n) is 0.776. The predicted octanol–water partition coefficient (Wildman–Crippen LogP) is 0.962. The van der Waals surface area contributed by atoms with Gasteiger partial charge in [-0.25, -0.2) is 4.98 Å². The van der Waals surface area contributed by atoms with Crippen LogP contribution < -0.4 is 0 Å². The monoisotopic (exact) mass is 150 g/mol. The van der Waals surface area contributed by atoms with Crippen molar-refractivity contribution in [2.75, 3.05) is 0 Å². The SMILES string of the molecule is CC(=N)c1cccc(CO)n1. The summed E-state index contributed by atoms with van der Waals surface area (Å²) in [5.41, 5.74) is 1.64. The van der Waals surface area contributed by atoms with Crippen LogP contribution in [0.5, 0.6) is 0 Å². The quantitative estimate of drug-likeness (QED) is 0.617. The van der Waals surface area contributed by atoms with E-state index >= 15 is 0 Å². The molecule has 0 saturated heterocycles. The van der Waals surface area contributed by atoms with E-state index in [4.69, 9.17) is 10.5 Å². The van der Waals surface area contributed by atoms with Crippen molar-refractivity contribution < 1.29 is 5.11 Å². The van der Waals surface area contributed by atoms with Crippen LogP contribution in [0, 0.1) is 5.41 Å². The number of aromatic nitrogens is 1. The maximum Gasteiger partial charge on any atom is 0.0853 e. The molecule has 11 heavy (non-hydrogen) atoms. The summed E-state index contributed by atoms with van der Waals surface area (Å²) in [5, 5.41) is 16.0. The van der Waals surface area contributed by atoms with Crippen molar-refractivity contribution in [3.63, 3.8) is 0 Å². The third kappa shape index (κ3) is 1.85. The molecule has 0 spiro atoms. The van der Waals surface area contributed by atoms with Gasteiger partial charge < -0.3 is 10.5 Å². The molecular formula is C8H10N2O. The van der Waals surface area contributed by atoms with Crippen molar-refractivity contribution in [3.8, 4) is 0 Å². The highest BCUT2D eigenvalue weighted by molar-refractivity contribution is 5.94. The van der Waals surface area contributed by atoms with Crippen LogP contribution in [0.1, 0.15) is 18.3 Å². The first-order chi connectivity index (χ1) is 5.24. The van der Waals surface area contributed by atoms with Crippen molar-refractivity contribution in [3.05, 3.63) is 29.6 Å². The second kappa shape index (κ2) is 3.25. The average Bonchev–Trinajstić information content (AvgIpc) is 2.05. The van der Waals surface area contributed by atoms with E-state index in [0.717, 1.165) is 0 Å². The molecular weight excluding hydrogens is 140 g/mol. The van der Waals surface area contributed by atoms with E-state index in [1.165, 1.54) is 0 Å². The average molecular weight is 150 g/mol. The molecule has 1 rings (SSSR count). The zero-order valence-electron chi connectivity index (χ0n) is 6.33. The van der Waals surface area contributed by atoms with Crippen LogP contribution in [0.2, 0.25) is 0 Å². The van der Waals surface area contributed by atoms with Gasteiger partial charge >= 0.3 is 0 Å². The molecule has 0 fully saturated rings. The summed E-state index contributed by atoms with van der Waals surface area (Å²) in [6, 6.07) is 5.26. The van der Waals surface area contributed by atoms with Gasteiger partial charge in [-0.3, -0.25) is 0 Å². The van der Waals surface area contributed by atoms with Crippen molar-refractivity contribution in [2.24, 2.45) is 0 Å². The first-order valence-electron chi connectivity index (χ1n) is 3.36. The number of pyridine rings is 1. The second-order valence-corrected chi connectivity index (χ2v) is 2.30. The van der Waals surface area contributed by atoms with Crippen molar-refractivity contribution in [1.29, 1.82) is 5.41 Å². The van der Waals surface area contributed by atoms with Crippen LogP contribution in [0.3, 0.4) is 0 Å². The molecule has 3 heteroatoms. The minimum atomic E-state index is -0.0683. The first-order valence-corrected chi connectivity index (χ1v) is 3.36. The summed E-state index contributed by atoms with van der Waals surface area (Å²) in [4.78, 5) is 4.02. The summed E-state index contributed by atoms with van der Waals surface area (Å²) in [6.07, 6.45) is 0. The molecule has 0 aliphatic rings. The Morgan fingerprint density at radius 2 is 2.36 bits per heavy atom. The molecule has 1 aromatic rings. The zero-order chi connectivity index (χ0) is 8.27. The van der Waals surface area contributed by atoms with Crippen LogP contribution in [-0.2, 0) is 6.61 Å². The minimum absolute atomic E-state index is 0.0683. The molecule has 0 radical (unpaired) electrons. The van der Waals surface area contributed by atoms with Crippen molar-refractivity contribution >= 4 is 5.71 Å². The number of nitrogens with one attached hydrogen (secondary N) is 1. The highest BCUT2D eigenvalue weighted by Crippen LogP contribution is 1.99. The predicted molar refractivity (Wildman–Crippen MR) is 42.7 cm³/mol. The molecule has 0 aliphatic heterocycles. The first kappa shape index (κ1) is 7.88. The molecule has 0 unspecified atom stereocenters. The Hall–Kier alpha value is -1.22. The number of aliphatic hydroxyl groups is 1. The van der Waals surface area contributed by atoms with Gasteiger partial charge in [0.2, 0.25) is 0 Å². The normalized spacial score (nSPS) is 9.64. The maximum absolute atomic E-state index is 8.71. The van der Waals surface area contributed by atoms with Crippen LogP contribution >= 0.6 is 0 Å². The Morgan fingerprint density at radius 3 is 2.91 bits per heavy atom. The molecule has 0 saturated carbocycles. The third-order valence-electron chi connectivity index (χ3n) is 1.35. The largest absolute Gasteiger partial charge is 0.390 e. The fraction of sp³-hybridized carbons (Fsp3) is 0.250. The minimum Gasteiger partial charge on any atom is -0.390 e. The van der Waals surface area contributed by atoms with E-state index in [1.54, 1.807) is 25.1 Å². The smallest absolute Gasteiger partial charge is 0.0853 e. The second-order valence-electron chi connectivity index (χ2n) is 2.30. The number of nitrogens with zero attached hydrogens (tertiary/aromatic N) is 1. The van der Waals surface area contributed by atoms with Crippen LogP contribution in [0.4, 0.5) is 0 Å². The molecule has 1 heterocycles. The molecule has 2 N–H and O–H groups in total. The third-order valence-corrected chi connectivity index (χ3v) is 1.35. The van der Waals surface area contributed by atoms with Gasteiger partial charge in [-0.05, 0) is 19.1 Å².